The molecule has 0 spiro atoms. The number of nitrogens with one attached hydrogen (secondary N) is 1. The molecule has 1 nitrogen and oxygen atoms in total. The molecule has 0 aromatic rings. The summed E-state index contributed by atoms with van der Waals surface area (Å²) in [4.78, 5) is 0. The molecule has 1 rings (SSSR count). The molecule has 0 aromatic carbocycles. The number of hydrogen-bond acceptors (Lipinski definition) is 1. The average Bonchev–Trinajstić information content (AvgIpc) is 2.27. The molecule has 0 bridgehead atoms. The van der Waals surface area contributed by atoms with E-state index < -0.39 is 0 Å². The van der Waals surface area contributed by atoms with Crippen LogP contribution in [-0.4, -0.2) is 12.1 Å². The molecule has 1 saturated carbocycles. The van der Waals surface area contributed by atoms with Crippen molar-refractivity contribution in [2.75, 3.05) is 0 Å². The molecule has 0 saturated heterocycles. The third-order valence-corrected chi connectivity index (χ3v) is 4.64. The quantitative estimate of drug-likeness (QED) is 0.664. The molecule has 1 aliphatic carbocycles. The minimum Gasteiger partial charge on any atom is -0.311 e. The molecule has 0 radical (unpaired) electrons. The van der Waals surface area contributed by atoms with E-state index in [1.165, 1.54) is 38.5 Å². The second-order valence-corrected chi connectivity index (χ2v) is 7.92. The van der Waals surface area contributed by atoms with Crippen molar-refractivity contribution in [3.63, 3.8) is 0 Å². The summed E-state index contributed by atoms with van der Waals surface area (Å²) >= 11 is 0. The van der Waals surface area contributed by atoms with Crippen LogP contribution < -0.4 is 5.32 Å². The van der Waals surface area contributed by atoms with Crippen molar-refractivity contribution >= 4 is 0 Å². The number of rotatable bonds is 7. The summed E-state index contributed by atoms with van der Waals surface area (Å²) in [5.74, 6) is 3.34. The molecule has 2 atom stereocenters. The summed E-state index contributed by atoms with van der Waals surface area (Å²) in [7, 11) is 0. The van der Waals surface area contributed by atoms with Crippen molar-refractivity contribution in [3.8, 4) is 0 Å². The largest absolute Gasteiger partial charge is 0.311 e. The predicted molar refractivity (Wildman–Crippen MR) is 86.4 cm³/mol. The first-order valence-electron chi connectivity index (χ1n) is 8.66. The van der Waals surface area contributed by atoms with Gasteiger partial charge >= 0.3 is 0 Å². The highest BCUT2D eigenvalue weighted by atomic mass is 15.0. The lowest BCUT2D eigenvalue weighted by atomic mass is 9.77. The molecule has 0 aromatic heterocycles. The van der Waals surface area contributed by atoms with E-state index in [2.05, 4.69) is 46.9 Å². The first kappa shape index (κ1) is 17.0. The molecular weight excluding hydrogens is 230 g/mol. The van der Waals surface area contributed by atoms with Crippen LogP contribution in [0.1, 0.15) is 80.1 Å². The lowest BCUT2D eigenvalue weighted by Gasteiger charge is -2.38. The Morgan fingerprint density at radius 2 is 1.37 bits per heavy atom. The zero-order valence-corrected chi connectivity index (χ0v) is 14.2. The van der Waals surface area contributed by atoms with Gasteiger partial charge in [0.2, 0.25) is 0 Å². The fourth-order valence-electron chi connectivity index (χ4n) is 3.84. The zero-order valence-electron chi connectivity index (χ0n) is 14.2. The van der Waals surface area contributed by atoms with Gasteiger partial charge < -0.3 is 5.32 Å². The molecule has 0 heterocycles. The van der Waals surface area contributed by atoms with E-state index >= 15 is 0 Å². The van der Waals surface area contributed by atoms with Gasteiger partial charge in [0.15, 0.2) is 0 Å². The fraction of sp³-hybridized carbons (Fsp3) is 1.00. The highest BCUT2D eigenvalue weighted by Gasteiger charge is 2.29. The summed E-state index contributed by atoms with van der Waals surface area (Å²) in [6.07, 6.45) is 8.37. The molecule has 0 amide bonds. The van der Waals surface area contributed by atoms with Gasteiger partial charge in [-0.25, -0.2) is 0 Å². The van der Waals surface area contributed by atoms with Gasteiger partial charge in [0.1, 0.15) is 0 Å². The average molecular weight is 268 g/mol. The van der Waals surface area contributed by atoms with E-state index in [1.807, 2.05) is 0 Å². The molecule has 114 valence electrons. The van der Waals surface area contributed by atoms with Crippen LogP contribution in [0.3, 0.4) is 0 Å². The van der Waals surface area contributed by atoms with Gasteiger partial charge in [-0.1, -0.05) is 54.4 Å². The van der Waals surface area contributed by atoms with Gasteiger partial charge in [0.25, 0.3) is 0 Å². The molecule has 1 fully saturated rings. The summed E-state index contributed by atoms with van der Waals surface area (Å²) in [5, 5.41) is 4.05. The van der Waals surface area contributed by atoms with Crippen LogP contribution in [0.25, 0.3) is 0 Å². The fourth-order valence-corrected chi connectivity index (χ4v) is 3.84. The third-order valence-electron chi connectivity index (χ3n) is 4.64. The van der Waals surface area contributed by atoms with E-state index in [0.717, 1.165) is 35.8 Å². The minimum absolute atomic E-state index is 0.726. The highest BCUT2D eigenvalue weighted by molar-refractivity contribution is 4.86. The Hall–Kier alpha value is -0.0400. The lowest BCUT2D eigenvalue weighted by molar-refractivity contribution is 0.179. The van der Waals surface area contributed by atoms with E-state index in [-0.39, 0.29) is 0 Å². The van der Waals surface area contributed by atoms with Crippen molar-refractivity contribution in [1.82, 2.24) is 5.32 Å². The first-order chi connectivity index (χ1) is 8.90. The maximum atomic E-state index is 4.05. The second kappa shape index (κ2) is 8.29. The van der Waals surface area contributed by atoms with Gasteiger partial charge in [0.05, 0.1) is 0 Å². The van der Waals surface area contributed by atoms with E-state index in [1.54, 1.807) is 0 Å². The standard InChI is InChI=1S/C18H37N/c1-13(2)11-16(12-14(3)4)19-18-10-8-7-9-17(18)15(5)6/h13-19H,7-12H2,1-6H3. The normalized spacial score (nSPS) is 24.9. The summed E-state index contributed by atoms with van der Waals surface area (Å²) in [5.41, 5.74) is 0. The molecular formula is C18H37N. The lowest BCUT2D eigenvalue weighted by Crippen LogP contribution is -2.46. The molecule has 1 aliphatic rings. The molecule has 19 heavy (non-hydrogen) atoms. The van der Waals surface area contributed by atoms with Crippen molar-refractivity contribution < 1.29 is 0 Å². The SMILES string of the molecule is CC(C)CC(CC(C)C)NC1CCCCC1C(C)C. The topological polar surface area (TPSA) is 12.0 Å². The zero-order chi connectivity index (χ0) is 14.4. The Bertz CT molecular complexity index is 222. The van der Waals surface area contributed by atoms with Crippen molar-refractivity contribution in [2.45, 2.75) is 92.2 Å². The minimum atomic E-state index is 0.726. The van der Waals surface area contributed by atoms with Gasteiger partial charge in [-0.15, -0.1) is 0 Å². The van der Waals surface area contributed by atoms with E-state index in [4.69, 9.17) is 0 Å². The maximum Gasteiger partial charge on any atom is 0.0100 e. The van der Waals surface area contributed by atoms with Crippen molar-refractivity contribution in [3.05, 3.63) is 0 Å². The highest BCUT2D eigenvalue weighted by Crippen LogP contribution is 2.31. The van der Waals surface area contributed by atoms with Crippen LogP contribution in [0.4, 0.5) is 0 Å². The molecule has 2 unspecified atom stereocenters. The molecule has 0 aliphatic heterocycles. The molecule has 1 N–H and O–H groups in total. The van der Waals surface area contributed by atoms with Gasteiger partial charge in [-0.05, 0) is 49.4 Å². The first-order valence-corrected chi connectivity index (χ1v) is 8.66. The number of hydrogen-bond donors (Lipinski definition) is 1. The van der Waals surface area contributed by atoms with E-state index in [9.17, 15) is 0 Å². The maximum absolute atomic E-state index is 4.05. The molecule has 1 heteroatoms. The summed E-state index contributed by atoms with van der Waals surface area (Å²) in [6, 6.07) is 1.50. The summed E-state index contributed by atoms with van der Waals surface area (Å²) in [6.45, 7) is 14.2. The van der Waals surface area contributed by atoms with Crippen LogP contribution in [0.15, 0.2) is 0 Å². The van der Waals surface area contributed by atoms with Crippen molar-refractivity contribution in [2.24, 2.45) is 23.7 Å². The third kappa shape index (κ3) is 6.29. The van der Waals surface area contributed by atoms with E-state index in [0.29, 0.717) is 0 Å². The Morgan fingerprint density at radius 1 is 0.842 bits per heavy atom. The van der Waals surface area contributed by atoms with Crippen LogP contribution in [0.5, 0.6) is 0 Å². The van der Waals surface area contributed by atoms with Gasteiger partial charge in [-0.2, -0.15) is 0 Å². The second-order valence-electron chi connectivity index (χ2n) is 7.92. The van der Waals surface area contributed by atoms with Crippen molar-refractivity contribution in [1.29, 1.82) is 0 Å². The monoisotopic (exact) mass is 267 g/mol. The smallest absolute Gasteiger partial charge is 0.0100 e. The van der Waals surface area contributed by atoms with Gasteiger partial charge in [0, 0.05) is 12.1 Å². The van der Waals surface area contributed by atoms with Crippen LogP contribution >= 0.6 is 0 Å². The Morgan fingerprint density at radius 3 is 1.84 bits per heavy atom. The predicted octanol–water partition coefficient (Wildman–Crippen LogP) is 5.25. The van der Waals surface area contributed by atoms with Gasteiger partial charge in [-0.3, -0.25) is 0 Å². The van der Waals surface area contributed by atoms with Crippen LogP contribution in [0.2, 0.25) is 0 Å². The van der Waals surface area contributed by atoms with Crippen LogP contribution in [0, 0.1) is 23.7 Å². The Kier molecular flexibility index (Phi) is 7.42. The Labute approximate surface area is 121 Å². The Balaban J connectivity index is 2.58. The summed E-state index contributed by atoms with van der Waals surface area (Å²) < 4.78 is 0. The van der Waals surface area contributed by atoms with Crippen LogP contribution in [-0.2, 0) is 0 Å².